The molecule has 11 rings (SSSR count). The Morgan fingerprint density at radius 2 is 1.06 bits per heavy atom. The number of para-hydroxylation sites is 2. The molecular formula is C51H35NO2. The van der Waals surface area contributed by atoms with Crippen LogP contribution in [0.25, 0.3) is 77.3 Å². The fourth-order valence-electron chi connectivity index (χ4n) is 8.91. The smallest absolute Gasteiger partial charge is 0.143 e. The van der Waals surface area contributed by atoms with E-state index in [4.69, 9.17) is 8.83 Å². The van der Waals surface area contributed by atoms with Crippen molar-refractivity contribution in [3.8, 4) is 33.4 Å². The molecule has 0 amide bonds. The Morgan fingerprint density at radius 1 is 0.407 bits per heavy atom. The third-order valence-corrected chi connectivity index (χ3v) is 11.5. The molecule has 54 heavy (non-hydrogen) atoms. The van der Waals surface area contributed by atoms with E-state index in [1.807, 2.05) is 12.1 Å². The molecule has 0 aliphatic heterocycles. The Morgan fingerprint density at radius 3 is 1.87 bits per heavy atom. The van der Waals surface area contributed by atoms with E-state index < -0.39 is 0 Å². The summed E-state index contributed by atoms with van der Waals surface area (Å²) in [4.78, 5) is 2.32. The lowest BCUT2D eigenvalue weighted by Crippen LogP contribution is -2.15. The molecule has 0 radical (unpaired) electrons. The Balaban J connectivity index is 1.05. The van der Waals surface area contributed by atoms with Crippen LogP contribution >= 0.6 is 0 Å². The summed E-state index contributed by atoms with van der Waals surface area (Å²) in [5, 5.41) is 4.61. The predicted octanol–water partition coefficient (Wildman–Crippen LogP) is 14.6. The van der Waals surface area contributed by atoms with Gasteiger partial charge in [0.05, 0.1) is 0 Å². The van der Waals surface area contributed by atoms with Crippen LogP contribution < -0.4 is 4.90 Å². The van der Waals surface area contributed by atoms with E-state index in [1.165, 1.54) is 38.8 Å². The summed E-state index contributed by atoms with van der Waals surface area (Å²) >= 11 is 0. The second-order valence-corrected chi connectivity index (χ2v) is 14.9. The first-order valence-corrected chi connectivity index (χ1v) is 18.6. The first kappa shape index (κ1) is 30.8. The lowest BCUT2D eigenvalue weighted by molar-refractivity contribution is 0.657. The Labute approximate surface area is 313 Å². The lowest BCUT2D eigenvalue weighted by atomic mass is 9.80. The standard InChI is InChI=1S/C51H35NO2/c1-51(2)44-17-8-6-13-39(44)41-29-30-46-48(49(41)51)43-28-27-37(31-47(43)53-46)52(35-23-19-33(20-24-35)32-11-4-3-5-12-32)36-25-21-34(22-26-36)38-15-10-16-42-40-14-7-9-18-45(40)54-50(38)42/h3-31H,1-2H3. The zero-order valence-corrected chi connectivity index (χ0v) is 30.0. The molecule has 2 heterocycles. The summed E-state index contributed by atoms with van der Waals surface area (Å²) in [5.41, 5.74) is 16.5. The van der Waals surface area contributed by atoms with Crippen molar-refractivity contribution < 1.29 is 8.83 Å². The average molecular weight is 694 g/mol. The molecule has 3 heteroatoms. The van der Waals surface area contributed by atoms with Gasteiger partial charge in [0.15, 0.2) is 0 Å². The van der Waals surface area contributed by atoms with E-state index in [0.29, 0.717) is 0 Å². The normalized spacial score (nSPS) is 13.1. The quantitative estimate of drug-likeness (QED) is 0.180. The number of benzene rings is 8. The number of fused-ring (bicyclic) bond motifs is 10. The van der Waals surface area contributed by atoms with Gasteiger partial charge in [-0.3, -0.25) is 0 Å². The Bertz CT molecular complexity index is 3060. The molecule has 10 aromatic rings. The van der Waals surface area contributed by atoms with Crippen LogP contribution in [0.15, 0.2) is 185 Å². The minimum Gasteiger partial charge on any atom is -0.456 e. The maximum atomic E-state index is 6.72. The number of furan rings is 2. The summed E-state index contributed by atoms with van der Waals surface area (Å²) < 4.78 is 13.1. The summed E-state index contributed by atoms with van der Waals surface area (Å²) in [6.45, 7) is 4.67. The lowest BCUT2D eigenvalue weighted by Gasteiger charge is -2.26. The SMILES string of the molecule is CC1(C)c2ccccc2-c2ccc3oc4cc(N(c5ccc(-c6ccccc6)cc5)c5ccc(-c6cccc7c6oc6ccccc67)cc5)ccc4c3c21. The van der Waals surface area contributed by atoms with Crippen molar-refractivity contribution in [2.24, 2.45) is 0 Å². The maximum absolute atomic E-state index is 6.72. The van der Waals surface area contributed by atoms with E-state index in [9.17, 15) is 0 Å². The molecule has 0 saturated carbocycles. The minimum absolute atomic E-state index is 0.137. The van der Waals surface area contributed by atoms with Gasteiger partial charge in [-0.25, -0.2) is 0 Å². The highest BCUT2D eigenvalue weighted by atomic mass is 16.3. The van der Waals surface area contributed by atoms with Crippen molar-refractivity contribution in [1.82, 2.24) is 0 Å². The van der Waals surface area contributed by atoms with Crippen molar-refractivity contribution in [3.05, 3.63) is 187 Å². The topological polar surface area (TPSA) is 29.5 Å². The van der Waals surface area contributed by atoms with Gasteiger partial charge in [-0.1, -0.05) is 135 Å². The van der Waals surface area contributed by atoms with E-state index in [-0.39, 0.29) is 5.41 Å². The second kappa shape index (κ2) is 11.6. The molecule has 0 saturated heterocycles. The number of hydrogen-bond donors (Lipinski definition) is 0. The molecule has 1 aliphatic carbocycles. The molecule has 2 aromatic heterocycles. The molecule has 0 N–H and O–H groups in total. The first-order chi connectivity index (χ1) is 26.5. The van der Waals surface area contributed by atoms with Crippen molar-refractivity contribution in [1.29, 1.82) is 0 Å². The van der Waals surface area contributed by atoms with Crippen LogP contribution in [0.1, 0.15) is 25.0 Å². The molecule has 256 valence electrons. The van der Waals surface area contributed by atoms with Gasteiger partial charge in [-0.15, -0.1) is 0 Å². The van der Waals surface area contributed by atoms with Crippen LogP contribution in [0, 0.1) is 0 Å². The van der Waals surface area contributed by atoms with E-state index in [0.717, 1.165) is 66.7 Å². The summed E-state index contributed by atoms with van der Waals surface area (Å²) in [6, 6.07) is 62.7. The third kappa shape index (κ3) is 4.55. The summed E-state index contributed by atoms with van der Waals surface area (Å²) in [6.07, 6.45) is 0. The van der Waals surface area contributed by atoms with Crippen molar-refractivity contribution in [2.75, 3.05) is 4.90 Å². The van der Waals surface area contributed by atoms with Crippen LogP contribution in [0.2, 0.25) is 0 Å². The monoisotopic (exact) mass is 693 g/mol. The van der Waals surface area contributed by atoms with Gasteiger partial charge in [0.25, 0.3) is 0 Å². The van der Waals surface area contributed by atoms with Gasteiger partial charge in [0, 0.05) is 55.7 Å². The van der Waals surface area contributed by atoms with Crippen LogP contribution in [0.5, 0.6) is 0 Å². The van der Waals surface area contributed by atoms with Crippen molar-refractivity contribution in [3.63, 3.8) is 0 Å². The highest BCUT2D eigenvalue weighted by molar-refractivity contribution is 6.12. The number of nitrogens with zero attached hydrogens (tertiary/aromatic N) is 1. The van der Waals surface area contributed by atoms with Gasteiger partial charge in [0.2, 0.25) is 0 Å². The van der Waals surface area contributed by atoms with Gasteiger partial charge < -0.3 is 13.7 Å². The summed E-state index contributed by atoms with van der Waals surface area (Å²) in [7, 11) is 0. The van der Waals surface area contributed by atoms with Crippen molar-refractivity contribution >= 4 is 60.9 Å². The number of hydrogen-bond acceptors (Lipinski definition) is 3. The van der Waals surface area contributed by atoms with Crippen LogP contribution in [-0.2, 0) is 5.41 Å². The van der Waals surface area contributed by atoms with Gasteiger partial charge in [-0.05, 0) is 87.5 Å². The van der Waals surface area contributed by atoms with Crippen LogP contribution in [0.3, 0.4) is 0 Å². The van der Waals surface area contributed by atoms with Gasteiger partial charge in [-0.2, -0.15) is 0 Å². The number of rotatable bonds is 5. The van der Waals surface area contributed by atoms with Gasteiger partial charge >= 0.3 is 0 Å². The van der Waals surface area contributed by atoms with Crippen LogP contribution in [0.4, 0.5) is 17.1 Å². The Kier molecular flexibility index (Phi) is 6.60. The van der Waals surface area contributed by atoms with Crippen LogP contribution in [-0.4, -0.2) is 0 Å². The zero-order chi connectivity index (χ0) is 36.0. The zero-order valence-electron chi connectivity index (χ0n) is 30.0. The summed E-state index contributed by atoms with van der Waals surface area (Å²) in [5.74, 6) is 0. The van der Waals surface area contributed by atoms with E-state index in [2.05, 4.69) is 183 Å². The largest absolute Gasteiger partial charge is 0.456 e. The molecular weight excluding hydrogens is 659 g/mol. The molecule has 0 fully saturated rings. The molecule has 1 aliphatic rings. The molecule has 3 nitrogen and oxygen atoms in total. The van der Waals surface area contributed by atoms with E-state index in [1.54, 1.807) is 0 Å². The highest BCUT2D eigenvalue weighted by Gasteiger charge is 2.38. The molecule has 0 atom stereocenters. The molecule has 0 bridgehead atoms. The molecule has 0 unspecified atom stereocenters. The fraction of sp³-hybridized carbons (Fsp3) is 0.0588. The van der Waals surface area contributed by atoms with Gasteiger partial charge in [0.1, 0.15) is 22.3 Å². The maximum Gasteiger partial charge on any atom is 0.143 e. The molecule has 8 aromatic carbocycles. The number of anilines is 3. The minimum atomic E-state index is -0.137. The molecule has 0 spiro atoms. The third-order valence-electron chi connectivity index (χ3n) is 11.5. The second-order valence-electron chi connectivity index (χ2n) is 14.9. The first-order valence-electron chi connectivity index (χ1n) is 18.6. The Hall–Kier alpha value is -6.84. The highest BCUT2D eigenvalue weighted by Crippen LogP contribution is 2.53. The fourth-order valence-corrected chi connectivity index (χ4v) is 8.91. The van der Waals surface area contributed by atoms with E-state index >= 15 is 0 Å². The average Bonchev–Trinajstić information content (AvgIpc) is 3.86. The predicted molar refractivity (Wildman–Crippen MR) is 224 cm³/mol. The van der Waals surface area contributed by atoms with Crippen molar-refractivity contribution in [2.45, 2.75) is 19.3 Å².